The van der Waals surface area contributed by atoms with Crippen molar-refractivity contribution in [3.8, 4) is 0 Å². The summed E-state index contributed by atoms with van der Waals surface area (Å²) >= 11 is 0. The molecule has 4 aliphatic rings. The minimum Gasteiger partial charge on any atom is -0.367 e. The standard InChI is InChI=1S/C32H41F2N7O2/c33-24-12-10-23(11-13-24)22-40-31(43)25-6-1-3-8-27(25)41-29(36-37-32(40)41)14-15-30(42)35-16-5-17-38-18-20-39(21-19-38)28-9-4-2-7-26(28)34/h2,4,7,9-13,25,27,32,37H,1,3,5-6,8,14-22H2,(H,35,42). The van der Waals surface area contributed by atoms with E-state index in [1.807, 2.05) is 17.0 Å². The van der Waals surface area contributed by atoms with Gasteiger partial charge in [-0.25, -0.2) is 8.78 Å². The Labute approximate surface area is 251 Å². The third kappa shape index (κ3) is 6.61. The van der Waals surface area contributed by atoms with E-state index in [4.69, 9.17) is 0 Å². The summed E-state index contributed by atoms with van der Waals surface area (Å²) < 4.78 is 27.6. The maximum Gasteiger partial charge on any atom is 0.231 e. The summed E-state index contributed by atoms with van der Waals surface area (Å²) in [5, 5.41) is 7.65. The molecule has 6 rings (SSSR count). The van der Waals surface area contributed by atoms with Crippen molar-refractivity contribution in [1.29, 1.82) is 0 Å². The third-order valence-electron chi connectivity index (χ3n) is 9.23. The van der Waals surface area contributed by atoms with Gasteiger partial charge in [-0.2, -0.15) is 5.10 Å². The zero-order valence-electron chi connectivity index (χ0n) is 24.6. The Bertz CT molecular complexity index is 1320. The highest BCUT2D eigenvalue weighted by Crippen LogP contribution is 2.38. The van der Waals surface area contributed by atoms with Crippen LogP contribution >= 0.6 is 0 Å². The van der Waals surface area contributed by atoms with Crippen molar-refractivity contribution in [3.05, 3.63) is 65.7 Å². The number of rotatable bonds is 10. The first-order chi connectivity index (χ1) is 21.0. The number of benzene rings is 2. The molecule has 3 fully saturated rings. The van der Waals surface area contributed by atoms with E-state index in [0.29, 0.717) is 31.6 Å². The van der Waals surface area contributed by atoms with E-state index < -0.39 is 6.29 Å². The van der Waals surface area contributed by atoms with Gasteiger partial charge in [0.2, 0.25) is 11.8 Å². The van der Waals surface area contributed by atoms with Crippen LogP contribution in [0.2, 0.25) is 0 Å². The van der Waals surface area contributed by atoms with Gasteiger partial charge in [-0.3, -0.25) is 24.8 Å². The Morgan fingerprint density at radius 1 is 1.00 bits per heavy atom. The van der Waals surface area contributed by atoms with Crippen molar-refractivity contribution >= 4 is 23.3 Å². The highest BCUT2D eigenvalue weighted by Gasteiger charge is 2.50. The van der Waals surface area contributed by atoms with Gasteiger partial charge in [0, 0.05) is 58.2 Å². The number of halogens is 2. The second-order valence-electron chi connectivity index (χ2n) is 12.0. The van der Waals surface area contributed by atoms with Crippen molar-refractivity contribution in [2.24, 2.45) is 11.0 Å². The number of hydrazone groups is 1. The number of amidine groups is 1. The molecule has 230 valence electrons. The van der Waals surface area contributed by atoms with E-state index in [0.717, 1.165) is 76.2 Å². The van der Waals surface area contributed by atoms with Gasteiger partial charge in [0.05, 0.1) is 11.6 Å². The molecule has 3 heterocycles. The topological polar surface area (TPSA) is 83.5 Å². The smallest absolute Gasteiger partial charge is 0.231 e. The number of para-hydroxylation sites is 1. The van der Waals surface area contributed by atoms with Crippen LogP contribution in [0, 0.1) is 17.6 Å². The van der Waals surface area contributed by atoms with E-state index >= 15 is 0 Å². The zero-order chi connectivity index (χ0) is 29.8. The maximum atomic E-state index is 14.1. The molecule has 1 saturated carbocycles. The molecule has 2 aromatic rings. The average molecular weight is 594 g/mol. The molecule has 0 bridgehead atoms. The predicted molar refractivity (Wildman–Crippen MR) is 161 cm³/mol. The SMILES string of the molecule is O=C(CCC1=NNC2N(Cc3ccc(F)cc3)C(=O)C3CCCCC3N12)NCCCN1CCN(c2ccccc2F)CC1. The highest BCUT2D eigenvalue weighted by atomic mass is 19.1. The largest absolute Gasteiger partial charge is 0.367 e. The summed E-state index contributed by atoms with van der Waals surface area (Å²) in [5.41, 5.74) is 4.70. The van der Waals surface area contributed by atoms with Crippen LogP contribution < -0.4 is 15.6 Å². The lowest BCUT2D eigenvalue weighted by atomic mass is 9.80. The molecule has 0 aromatic heterocycles. The molecule has 2 N–H and O–H groups in total. The van der Waals surface area contributed by atoms with Crippen LogP contribution in [0.5, 0.6) is 0 Å². The molecule has 3 atom stereocenters. The first-order valence-corrected chi connectivity index (χ1v) is 15.6. The van der Waals surface area contributed by atoms with Crippen LogP contribution in [0.4, 0.5) is 14.5 Å². The fourth-order valence-corrected chi connectivity index (χ4v) is 6.95. The lowest BCUT2D eigenvalue weighted by Gasteiger charge is -2.50. The molecule has 2 saturated heterocycles. The fourth-order valence-electron chi connectivity index (χ4n) is 6.95. The summed E-state index contributed by atoms with van der Waals surface area (Å²) in [6, 6.07) is 13.3. The number of carbonyl (C=O) groups excluding carboxylic acids is 2. The number of hydrogen-bond acceptors (Lipinski definition) is 7. The van der Waals surface area contributed by atoms with Crippen molar-refractivity contribution in [2.45, 2.75) is 63.8 Å². The summed E-state index contributed by atoms with van der Waals surface area (Å²) in [6.07, 6.45) is 5.16. The van der Waals surface area contributed by atoms with Crippen LogP contribution in [-0.2, 0) is 16.1 Å². The van der Waals surface area contributed by atoms with Gasteiger partial charge in [0.15, 0.2) is 6.29 Å². The second-order valence-corrected chi connectivity index (χ2v) is 12.0. The van der Waals surface area contributed by atoms with Gasteiger partial charge in [0.25, 0.3) is 0 Å². The lowest BCUT2D eigenvalue weighted by Crippen LogP contribution is -2.67. The molecule has 1 aliphatic carbocycles. The quantitative estimate of drug-likeness (QED) is 0.411. The molecule has 3 aliphatic heterocycles. The van der Waals surface area contributed by atoms with Crippen LogP contribution in [-0.4, -0.2) is 83.9 Å². The minimum atomic E-state index is -0.395. The third-order valence-corrected chi connectivity index (χ3v) is 9.23. The number of piperazine rings is 1. The van der Waals surface area contributed by atoms with Gasteiger partial charge >= 0.3 is 0 Å². The second kappa shape index (κ2) is 13.3. The molecular weight excluding hydrogens is 552 g/mol. The fraction of sp³-hybridized carbons (Fsp3) is 0.531. The number of fused-ring (bicyclic) bond motifs is 3. The van der Waals surface area contributed by atoms with Gasteiger partial charge in [-0.1, -0.05) is 37.1 Å². The molecule has 43 heavy (non-hydrogen) atoms. The summed E-state index contributed by atoms with van der Waals surface area (Å²) in [5.74, 6) is 0.352. The summed E-state index contributed by atoms with van der Waals surface area (Å²) in [4.78, 5) is 34.8. The molecule has 2 amide bonds. The molecule has 0 spiro atoms. The Hall–Kier alpha value is -3.73. The molecule has 9 nitrogen and oxygen atoms in total. The monoisotopic (exact) mass is 593 g/mol. The Morgan fingerprint density at radius 3 is 2.56 bits per heavy atom. The lowest BCUT2D eigenvalue weighted by molar-refractivity contribution is -0.156. The van der Waals surface area contributed by atoms with Gasteiger partial charge in [0.1, 0.15) is 17.5 Å². The van der Waals surface area contributed by atoms with Crippen molar-refractivity contribution in [2.75, 3.05) is 44.2 Å². The Kier molecular flexibility index (Phi) is 9.06. The van der Waals surface area contributed by atoms with Crippen LogP contribution in [0.3, 0.4) is 0 Å². The van der Waals surface area contributed by atoms with Crippen LogP contribution in [0.25, 0.3) is 0 Å². The Morgan fingerprint density at radius 2 is 1.77 bits per heavy atom. The van der Waals surface area contributed by atoms with E-state index in [-0.39, 0.29) is 35.4 Å². The molecular formula is C32H41F2N7O2. The normalized spacial score (nSPS) is 23.9. The van der Waals surface area contributed by atoms with Crippen molar-refractivity contribution < 1.29 is 18.4 Å². The number of anilines is 1. The van der Waals surface area contributed by atoms with E-state index in [1.54, 1.807) is 18.2 Å². The Balaban J connectivity index is 0.959. The number of amides is 2. The van der Waals surface area contributed by atoms with Crippen LogP contribution in [0.1, 0.15) is 50.5 Å². The minimum absolute atomic E-state index is 0.00743. The van der Waals surface area contributed by atoms with Gasteiger partial charge in [-0.05, 0) is 55.6 Å². The van der Waals surface area contributed by atoms with Crippen molar-refractivity contribution in [3.63, 3.8) is 0 Å². The van der Waals surface area contributed by atoms with Gasteiger partial charge < -0.3 is 15.1 Å². The first kappa shape index (κ1) is 29.3. The van der Waals surface area contributed by atoms with E-state index in [2.05, 4.69) is 30.5 Å². The number of nitrogens with zero attached hydrogens (tertiary/aromatic N) is 5. The zero-order valence-corrected chi connectivity index (χ0v) is 24.6. The summed E-state index contributed by atoms with van der Waals surface area (Å²) in [6.45, 7) is 5.18. The van der Waals surface area contributed by atoms with E-state index in [1.165, 1.54) is 18.2 Å². The molecule has 3 unspecified atom stereocenters. The highest BCUT2D eigenvalue weighted by molar-refractivity contribution is 5.91. The average Bonchev–Trinajstić information content (AvgIpc) is 3.46. The van der Waals surface area contributed by atoms with Crippen molar-refractivity contribution in [1.82, 2.24) is 25.4 Å². The predicted octanol–water partition coefficient (Wildman–Crippen LogP) is 3.48. The number of carbonyl (C=O) groups is 2. The maximum absolute atomic E-state index is 14.1. The number of hydrogen-bond donors (Lipinski definition) is 2. The molecule has 2 aromatic carbocycles. The van der Waals surface area contributed by atoms with Gasteiger partial charge in [-0.15, -0.1) is 0 Å². The molecule has 11 heteroatoms. The van der Waals surface area contributed by atoms with E-state index in [9.17, 15) is 18.4 Å². The van der Waals surface area contributed by atoms with Crippen LogP contribution in [0.15, 0.2) is 53.6 Å². The summed E-state index contributed by atoms with van der Waals surface area (Å²) in [7, 11) is 0. The number of nitrogens with one attached hydrogen (secondary N) is 2. The first-order valence-electron chi connectivity index (χ1n) is 15.6. The molecule has 0 radical (unpaired) electrons.